The van der Waals surface area contributed by atoms with Gasteiger partial charge in [-0.1, -0.05) is 146 Å². The summed E-state index contributed by atoms with van der Waals surface area (Å²) in [5.41, 5.74) is 9.26. The molecule has 0 fully saturated rings. The highest BCUT2D eigenvalue weighted by Gasteiger charge is 2.23. The second-order valence-electron chi connectivity index (χ2n) is 17.9. The lowest BCUT2D eigenvalue weighted by Gasteiger charge is -2.27. The highest BCUT2D eigenvalue weighted by Crippen LogP contribution is 2.46. The Kier molecular flexibility index (Phi) is 8.85. The van der Waals surface area contributed by atoms with Gasteiger partial charge in [0.15, 0.2) is 0 Å². The van der Waals surface area contributed by atoms with Gasteiger partial charge in [0, 0.05) is 90.5 Å². The Bertz CT molecular complexity index is 4610. The highest BCUT2D eigenvalue weighted by molar-refractivity contribution is 6.17. The second kappa shape index (κ2) is 15.6. The predicted octanol–water partition coefficient (Wildman–Crippen LogP) is 16.6. The van der Waals surface area contributed by atoms with Crippen LogP contribution in [0, 0.1) is 0 Å². The summed E-state index contributed by atoms with van der Waals surface area (Å²) < 4.78 is 20.0. The normalized spacial score (nSPS) is 12.6. The first kappa shape index (κ1) is 39.7. The largest absolute Gasteiger partial charge is 0.456 e. The van der Waals surface area contributed by atoms with Crippen LogP contribution in [0.15, 0.2) is 232 Å². The van der Waals surface area contributed by atoms with E-state index in [2.05, 4.69) is 180 Å². The maximum Gasteiger partial charge on any atom is 0.141 e. The molecule has 0 unspecified atom stereocenters. The van der Waals surface area contributed by atoms with Crippen LogP contribution in [0.3, 0.4) is 0 Å². The molecule has 0 bridgehead atoms. The number of aromatic nitrogens is 1. The molecule has 0 aliphatic carbocycles. The molecule has 6 heteroatoms. The quantitative estimate of drug-likeness (QED) is 0.149. The zero-order chi connectivity index (χ0) is 46.5. The molecule has 4 aromatic heterocycles. The highest BCUT2D eigenvalue weighted by atomic mass is 16.3. The van der Waals surface area contributed by atoms with Crippen LogP contribution < -0.4 is 20.4 Å². The van der Waals surface area contributed by atoms with E-state index >= 15 is 0 Å². The monoisotopic (exact) mass is 899 g/mol. The summed E-state index contributed by atoms with van der Waals surface area (Å²) >= 11 is 0. The van der Waals surface area contributed by atoms with Gasteiger partial charge in [0.2, 0.25) is 0 Å². The first-order valence-electron chi connectivity index (χ1n) is 23.6. The van der Waals surface area contributed by atoms with Crippen molar-refractivity contribution in [3.8, 4) is 0 Å². The van der Waals surface area contributed by atoms with E-state index in [1.165, 1.54) is 16.2 Å². The molecular weight excluding hydrogens is 859 g/mol. The molecule has 0 atom stereocenters. The standard InChI is InChI=1S/C64H41N3O3/c1-3-44-51-24-12-14-26-58(51)68-60(44)32-39(2)66(56-33-40-16-4-6-18-45(40)47-20-8-10-22-49(47)56)64-37-63-55(38-65-64)54-31-29-43(36-62(54)70-63)67(42-28-30-53-52-25-13-15-27-59(52)69-61(53)35-42)57-34-41-17-5-7-19-46(41)48-21-9-11-23-50(48)57/h3-38H,2H2,1H3/b44-3-,60-32+. The summed E-state index contributed by atoms with van der Waals surface area (Å²) in [6.07, 6.45) is 6.04. The molecule has 0 radical (unpaired) electrons. The van der Waals surface area contributed by atoms with Gasteiger partial charge in [-0.25, -0.2) is 4.98 Å². The Labute approximate surface area is 401 Å². The Hall–Kier alpha value is -9.39. The van der Waals surface area contributed by atoms with Crippen molar-refractivity contribution < 1.29 is 13.3 Å². The predicted molar refractivity (Wildman–Crippen MR) is 291 cm³/mol. The summed E-state index contributed by atoms with van der Waals surface area (Å²) in [6.45, 7) is 6.77. The molecule has 14 aromatic rings. The summed E-state index contributed by atoms with van der Waals surface area (Å²) in [5.74, 6) is 0.662. The minimum absolute atomic E-state index is 0.662. The molecule has 0 spiro atoms. The maximum absolute atomic E-state index is 6.97. The third-order valence-corrected chi connectivity index (χ3v) is 13.9. The third kappa shape index (κ3) is 6.17. The third-order valence-electron chi connectivity index (χ3n) is 13.9. The van der Waals surface area contributed by atoms with E-state index in [9.17, 15) is 0 Å². The van der Waals surface area contributed by atoms with E-state index in [1.54, 1.807) is 0 Å². The molecule has 10 aromatic carbocycles. The van der Waals surface area contributed by atoms with E-state index in [0.29, 0.717) is 17.1 Å². The summed E-state index contributed by atoms with van der Waals surface area (Å²) in [6, 6.07) is 70.2. The topological polar surface area (TPSA) is 58.8 Å². The average Bonchev–Trinajstić information content (AvgIpc) is 4.08. The first-order chi connectivity index (χ1) is 34.6. The fraction of sp³-hybridized carbons (Fsp3) is 0.0156. The van der Waals surface area contributed by atoms with Gasteiger partial charge in [-0.05, 0) is 87.8 Å². The van der Waals surface area contributed by atoms with Crippen molar-refractivity contribution in [2.75, 3.05) is 9.80 Å². The molecule has 70 heavy (non-hydrogen) atoms. The Morgan fingerprint density at radius 2 is 0.900 bits per heavy atom. The number of nitrogens with zero attached hydrogens (tertiary/aromatic N) is 3. The average molecular weight is 900 g/mol. The maximum atomic E-state index is 6.97. The molecule has 0 amide bonds. The van der Waals surface area contributed by atoms with Crippen LogP contribution in [-0.2, 0) is 0 Å². The zero-order valence-electron chi connectivity index (χ0n) is 38.1. The van der Waals surface area contributed by atoms with Crippen molar-refractivity contribution in [1.29, 1.82) is 0 Å². The van der Waals surface area contributed by atoms with E-state index in [1.807, 2.05) is 55.6 Å². The van der Waals surface area contributed by atoms with Gasteiger partial charge in [-0.15, -0.1) is 0 Å². The summed E-state index contributed by atoms with van der Waals surface area (Å²) in [4.78, 5) is 9.68. The number of anilines is 5. The molecule has 14 rings (SSSR count). The number of pyridine rings is 1. The van der Waals surface area contributed by atoms with E-state index in [-0.39, 0.29) is 0 Å². The van der Waals surface area contributed by atoms with Gasteiger partial charge >= 0.3 is 0 Å². The fourth-order valence-corrected chi connectivity index (χ4v) is 10.8. The lowest BCUT2D eigenvalue weighted by atomic mass is 9.99. The number of allylic oxidation sites excluding steroid dienone is 1. The first-order valence-corrected chi connectivity index (χ1v) is 23.6. The van der Waals surface area contributed by atoms with Gasteiger partial charge in [-0.2, -0.15) is 0 Å². The number of hydrogen-bond acceptors (Lipinski definition) is 6. The lowest BCUT2D eigenvalue weighted by molar-refractivity contribution is 0.575. The smallest absolute Gasteiger partial charge is 0.141 e. The van der Waals surface area contributed by atoms with Crippen LogP contribution in [-0.4, -0.2) is 4.98 Å². The molecule has 6 nitrogen and oxygen atoms in total. The Balaban J connectivity index is 0.965. The molecule has 330 valence electrons. The Morgan fingerprint density at radius 3 is 1.54 bits per heavy atom. The number of hydrogen-bond donors (Lipinski definition) is 0. The molecule has 4 heterocycles. The van der Waals surface area contributed by atoms with Crippen LogP contribution >= 0.6 is 0 Å². The summed E-state index contributed by atoms with van der Waals surface area (Å²) in [7, 11) is 0. The number of rotatable bonds is 7. The summed E-state index contributed by atoms with van der Waals surface area (Å²) in [5, 5.41) is 15.3. The number of para-hydroxylation sites is 2. The van der Waals surface area contributed by atoms with Crippen LogP contribution in [0.2, 0.25) is 0 Å². The van der Waals surface area contributed by atoms with Crippen molar-refractivity contribution in [3.63, 3.8) is 0 Å². The molecule has 0 aliphatic heterocycles. The number of benzene rings is 10. The van der Waals surface area contributed by atoms with Gasteiger partial charge in [0.25, 0.3) is 0 Å². The van der Waals surface area contributed by atoms with Crippen molar-refractivity contribution in [3.05, 3.63) is 229 Å². The van der Waals surface area contributed by atoms with E-state index in [4.69, 9.17) is 24.8 Å². The van der Waals surface area contributed by atoms with Crippen LogP contribution in [0.1, 0.15) is 6.92 Å². The molecule has 0 aliphatic rings. The van der Waals surface area contributed by atoms with Crippen molar-refractivity contribution >= 4 is 139 Å². The van der Waals surface area contributed by atoms with Gasteiger partial charge in [0.1, 0.15) is 39.1 Å². The minimum atomic E-state index is 0.662. The van der Waals surface area contributed by atoms with Crippen LogP contribution in [0.25, 0.3) is 110 Å². The SMILES string of the molecule is C=C(/C=c1/oc2ccccc2/c1=C/C)N(c1cc2oc3cc(N(c4ccc5c(c4)oc4ccccc45)c4cc5ccccc5c5ccccc45)ccc3c2cn1)c1cc2ccccc2c2ccccc12. The number of furan rings is 3. The van der Waals surface area contributed by atoms with Gasteiger partial charge in [0.05, 0.1) is 11.4 Å². The fourth-order valence-electron chi connectivity index (χ4n) is 10.8. The van der Waals surface area contributed by atoms with Crippen molar-refractivity contribution in [1.82, 2.24) is 4.98 Å². The van der Waals surface area contributed by atoms with Gasteiger partial charge in [-0.3, -0.25) is 4.90 Å². The second-order valence-corrected chi connectivity index (χ2v) is 17.9. The van der Waals surface area contributed by atoms with Crippen LogP contribution in [0.4, 0.5) is 28.6 Å². The molecular formula is C64H41N3O3. The minimum Gasteiger partial charge on any atom is -0.456 e. The molecule has 0 saturated heterocycles. The molecule has 0 N–H and O–H groups in total. The Morgan fingerprint density at radius 1 is 0.429 bits per heavy atom. The lowest BCUT2D eigenvalue weighted by Crippen LogP contribution is -2.23. The van der Waals surface area contributed by atoms with Crippen molar-refractivity contribution in [2.24, 2.45) is 0 Å². The molecule has 0 saturated carbocycles. The van der Waals surface area contributed by atoms with Gasteiger partial charge < -0.3 is 18.2 Å². The number of fused-ring (bicyclic) bond motifs is 13. The van der Waals surface area contributed by atoms with Crippen molar-refractivity contribution in [2.45, 2.75) is 6.92 Å². The zero-order valence-corrected chi connectivity index (χ0v) is 38.1. The van der Waals surface area contributed by atoms with E-state index in [0.717, 1.165) is 110 Å². The van der Waals surface area contributed by atoms with Crippen LogP contribution in [0.5, 0.6) is 0 Å². The van der Waals surface area contributed by atoms with E-state index < -0.39 is 0 Å².